The largest absolute Gasteiger partial charge is 0.361 e. The van der Waals surface area contributed by atoms with Gasteiger partial charge in [0.1, 0.15) is 11.3 Å². The monoisotopic (exact) mass is 282 g/mol. The van der Waals surface area contributed by atoms with Crippen LogP contribution in [-0.4, -0.2) is 28.9 Å². The Kier molecular flexibility index (Phi) is 5.24. The second kappa shape index (κ2) is 6.69. The zero-order chi connectivity index (χ0) is 15.3. The number of nitrogens with one attached hydrogen (secondary N) is 3. The van der Waals surface area contributed by atoms with Crippen LogP contribution in [0.2, 0.25) is 0 Å². The third kappa shape index (κ3) is 3.81. The van der Waals surface area contributed by atoms with Crippen molar-refractivity contribution in [2.24, 2.45) is 0 Å². The minimum atomic E-state index is -0.945. The van der Waals surface area contributed by atoms with E-state index in [-0.39, 0.29) is 11.6 Å². The van der Waals surface area contributed by atoms with Gasteiger partial charge in [0.05, 0.1) is 5.69 Å². The van der Waals surface area contributed by atoms with E-state index >= 15 is 0 Å². The summed E-state index contributed by atoms with van der Waals surface area (Å²) in [5.41, 5.74) is 4.94. The number of rotatable bonds is 3. The summed E-state index contributed by atoms with van der Waals surface area (Å²) < 4.78 is 4.91. The molecule has 0 aliphatic carbocycles. The molecular weight excluding hydrogens is 264 g/mol. The zero-order valence-corrected chi connectivity index (χ0v) is 11.9. The average Bonchev–Trinajstić information content (AvgIpc) is 2.75. The third-order valence-corrected chi connectivity index (χ3v) is 2.41. The van der Waals surface area contributed by atoms with Crippen LogP contribution in [0.1, 0.15) is 42.6 Å². The maximum atomic E-state index is 11.9. The fourth-order valence-corrected chi connectivity index (χ4v) is 1.51. The molecule has 0 saturated heterocycles. The Labute approximate surface area is 116 Å². The number of carbonyl (C=O) groups is 3. The van der Waals surface area contributed by atoms with Crippen molar-refractivity contribution in [3.8, 4) is 0 Å². The van der Waals surface area contributed by atoms with E-state index in [1.807, 2.05) is 12.3 Å². The Morgan fingerprint density at radius 1 is 1.20 bits per heavy atom. The van der Waals surface area contributed by atoms with Crippen LogP contribution in [0.25, 0.3) is 0 Å². The number of amides is 3. The minimum absolute atomic E-state index is 0.170. The van der Waals surface area contributed by atoms with Crippen molar-refractivity contribution in [3.63, 3.8) is 0 Å². The molecule has 0 bridgehead atoms. The van der Waals surface area contributed by atoms with Gasteiger partial charge in [-0.05, 0) is 27.2 Å². The van der Waals surface area contributed by atoms with Crippen molar-refractivity contribution in [2.75, 3.05) is 0 Å². The highest BCUT2D eigenvalue weighted by Gasteiger charge is 2.21. The Morgan fingerprint density at radius 2 is 1.85 bits per heavy atom. The number of hydrogen-bond donors (Lipinski definition) is 3. The zero-order valence-electron chi connectivity index (χ0n) is 11.9. The fourth-order valence-electron chi connectivity index (χ4n) is 1.51. The van der Waals surface area contributed by atoms with Crippen molar-refractivity contribution >= 4 is 17.7 Å². The fraction of sp³-hybridized carbons (Fsp3) is 0.500. The minimum Gasteiger partial charge on any atom is -0.361 e. The molecule has 0 spiro atoms. The number of aromatic nitrogens is 1. The first kappa shape index (κ1) is 15.7. The lowest BCUT2D eigenvalue weighted by atomic mass is 10.1. The standard InChI is InChI=1S/C12H18N4O4/c1-5-8-9(7(4)20-16-8)10(17)14-15-12(19)11(18)13-6(2)3/h6H,5H2,1-4H3,(H,13,18)(H,14,17)(H,15,19). The van der Waals surface area contributed by atoms with Crippen LogP contribution in [0.15, 0.2) is 4.52 Å². The van der Waals surface area contributed by atoms with Crippen molar-refractivity contribution in [1.82, 2.24) is 21.3 Å². The second-order valence-corrected chi connectivity index (χ2v) is 4.45. The first-order valence-electron chi connectivity index (χ1n) is 6.23. The summed E-state index contributed by atoms with van der Waals surface area (Å²) in [5, 5.41) is 6.13. The molecule has 110 valence electrons. The molecule has 0 fully saturated rings. The first-order valence-corrected chi connectivity index (χ1v) is 6.23. The van der Waals surface area contributed by atoms with E-state index in [0.29, 0.717) is 17.9 Å². The smallest absolute Gasteiger partial charge is 0.327 e. The molecule has 0 atom stereocenters. The number of hydrogen-bond acceptors (Lipinski definition) is 5. The maximum absolute atomic E-state index is 11.9. The molecule has 0 aliphatic heterocycles. The second-order valence-electron chi connectivity index (χ2n) is 4.45. The molecular formula is C12H18N4O4. The van der Waals surface area contributed by atoms with Gasteiger partial charge in [0.25, 0.3) is 5.91 Å². The molecule has 1 aromatic rings. The SMILES string of the molecule is CCc1noc(C)c1C(=O)NNC(=O)C(=O)NC(C)C. The van der Waals surface area contributed by atoms with E-state index in [0.717, 1.165) is 0 Å². The van der Waals surface area contributed by atoms with Crippen LogP contribution in [0.3, 0.4) is 0 Å². The van der Waals surface area contributed by atoms with Crippen molar-refractivity contribution in [2.45, 2.75) is 40.2 Å². The topological polar surface area (TPSA) is 113 Å². The van der Waals surface area contributed by atoms with Gasteiger partial charge in [0.15, 0.2) is 0 Å². The van der Waals surface area contributed by atoms with Gasteiger partial charge in [-0.15, -0.1) is 0 Å². The van der Waals surface area contributed by atoms with Crippen LogP contribution in [-0.2, 0) is 16.0 Å². The third-order valence-electron chi connectivity index (χ3n) is 2.41. The van der Waals surface area contributed by atoms with E-state index in [1.165, 1.54) is 0 Å². The summed E-state index contributed by atoms with van der Waals surface area (Å²) in [6.45, 7) is 6.85. The van der Waals surface area contributed by atoms with Crippen LogP contribution in [0, 0.1) is 6.92 Å². The lowest BCUT2D eigenvalue weighted by Gasteiger charge is -2.09. The van der Waals surface area contributed by atoms with Gasteiger partial charge in [-0.2, -0.15) is 0 Å². The van der Waals surface area contributed by atoms with Gasteiger partial charge in [0.2, 0.25) is 0 Å². The maximum Gasteiger partial charge on any atom is 0.327 e. The summed E-state index contributed by atoms with van der Waals surface area (Å²) in [5.74, 6) is -2.00. The van der Waals surface area contributed by atoms with Gasteiger partial charge in [-0.25, -0.2) is 0 Å². The Morgan fingerprint density at radius 3 is 2.40 bits per heavy atom. The van der Waals surface area contributed by atoms with Crippen LogP contribution in [0.5, 0.6) is 0 Å². The van der Waals surface area contributed by atoms with Crippen molar-refractivity contribution in [3.05, 3.63) is 17.0 Å². The molecule has 0 aliphatic rings. The van der Waals surface area contributed by atoms with Gasteiger partial charge in [-0.3, -0.25) is 25.2 Å². The molecule has 20 heavy (non-hydrogen) atoms. The predicted octanol–water partition coefficient (Wildman–Crippen LogP) is -0.169. The van der Waals surface area contributed by atoms with Crippen molar-refractivity contribution < 1.29 is 18.9 Å². The molecule has 3 N–H and O–H groups in total. The van der Waals surface area contributed by atoms with E-state index in [1.54, 1.807) is 20.8 Å². The Balaban J connectivity index is 2.61. The number of hydrazine groups is 1. The summed E-state index contributed by atoms with van der Waals surface area (Å²) in [4.78, 5) is 34.7. The normalized spacial score (nSPS) is 10.2. The average molecular weight is 282 g/mol. The van der Waals surface area contributed by atoms with E-state index < -0.39 is 17.7 Å². The number of aryl methyl sites for hydroxylation is 2. The van der Waals surface area contributed by atoms with Crippen LogP contribution in [0.4, 0.5) is 0 Å². The molecule has 0 unspecified atom stereocenters. The molecule has 1 rings (SSSR count). The predicted molar refractivity (Wildman–Crippen MR) is 69.5 cm³/mol. The molecule has 0 aromatic carbocycles. The van der Waals surface area contributed by atoms with Gasteiger partial charge in [0, 0.05) is 6.04 Å². The quantitative estimate of drug-likeness (QED) is 0.526. The van der Waals surface area contributed by atoms with E-state index in [9.17, 15) is 14.4 Å². The molecule has 0 saturated carbocycles. The first-order chi connectivity index (χ1) is 9.36. The highest BCUT2D eigenvalue weighted by atomic mass is 16.5. The number of carbonyl (C=O) groups excluding carboxylic acids is 3. The van der Waals surface area contributed by atoms with Crippen LogP contribution >= 0.6 is 0 Å². The molecule has 0 radical (unpaired) electrons. The summed E-state index contributed by atoms with van der Waals surface area (Å²) in [6, 6.07) is -0.170. The summed E-state index contributed by atoms with van der Waals surface area (Å²) in [6.07, 6.45) is 0.516. The molecule has 3 amide bonds. The van der Waals surface area contributed by atoms with E-state index in [4.69, 9.17) is 4.52 Å². The Bertz CT molecular complexity index is 522. The lowest BCUT2D eigenvalue weighted by Crippen LogP contribution is -2.49. The van der Waals surface area contributed by atoms with Crippen molar-refractivity contribution in [1.29, 1.82) is 0 Å². The highest BCUT2D eigenvalue weighted by molar-refractivity contribution is 6.35. The van der Waals surface area contributed by atoms with E-state index in [2.05, 4.69) is 15.9 Å². The summed E-state index contributed by atoms with van der Waals surface area (Å²) in [7, 11) is 0. The summed E-state index contributed by atoms with van der Waals surface area (Å²) >= 11 is 0. The lowest BCUT2D eigenvalue weighted by molar-refractivity contribution is -0.139. The highest BCUT2D eigenvalue weighted by Crippen LogP contribution is 2.13. The molecule has 8 heteroatoms. The Hall–Kier alpha value is -2.38. The van der Waals surface area contributed by atoms with Gasteiger partial charge >= 0.3 is 11.8 Å². The number of nitrogens with zero attached hydrogens (tertiary/aromatic N) is 1. The molecule has 1 heterocycles. The molecule has 1 aromatic heterocycles. The molecule has 8 nitrogen and oxygen atoms in total. The van der Waals surface area contributed by atoms with Crippen LogP contribution < -0.4 is 16.2 Å². The van der Waals surface area contributed by atoms with Gasteiger partial charge in [-0.1, -0.05) is 12.1 Å². The van der Waals surface area contributed by atoms with Gasteiger partial charge < -0.3 is 9.84 Å².